The van der Waals surface area contributed by atoms with Gasteiger partial charge in [-0.1, -0.05) is 30.3 Å². The number of anilines is 1. The molecule has 0 bridgehead atoms. The van der Waals surface area contributed by atoms with E-state index < -0.39 is 11.6 Å². The van der Waals surface area contributed by atoms with E-state index >= 15 is 0 Å². The van der Waals surface area contributed by atoms with Gasteiger partial charge in [-0.3, -0.25) is 9.69 Å². The zero-order chi connectivity index (χ0) is 23.3. The van der Waals surface area contributed by atoms with Crippen LogP contribution in [0.4, 0.5) is 10.5 Å². The van der Waals surface area contributed by atoms with Crippen LogP contribution in [0, 0.1) is 6.92 Å². The van der Waals surface area contributed by atoms with Crippen LogP contribution in [0.2, 0.25) is 0 Å². The van der Waals surface area contributed by atoms with E-state index in [4.69, 9.17) is 9.47 Å². The predicted molar refractivity (Wildman–Crippen MR) is 125 cm³/mol. The van der Waals surface area contributed by atoms with E-state index in [1.807, 2.05) is 76.2 Å². The molecule has 2 amide bonds. The van der Waals surface area contributed by atoms with Crippen molar-refractivity contribution < 1.29 is 19.1 Å². The largest absolute Gasteiger partial charge is 0.497 e. The maximum atomic E-state index is 13.4. The third kappa shape index (κ3) is 6.01. The molecule has 0 saturated carbocycles. The van der Waals surface area contributed by atoms with Crippen LogP contribution in [-0.4, -0.2) is 60.7 Å². The van der Waals surface area contributed by atoms with E-state index in [0.717, 1.165) is 22.6 Å². The number of amides is 2. The summed E-state index contributed by atoms with van der Waals surface area (Å²) in [6, 6.07) is 14.8. The lowest BCUT2D eigenvalue weighted by Crippen LogP contribution is -2.52. The Balaban J connectivity index is 1.78. The summed E-state index contributed by atoms with van der Waals surface area (Å²) in [5, 5.41) is 3.08. The average Bonchev–Trinajstić information content (AvgIpc) is 2.75. The molecule has 2 aromatic rings. The van der Waals surface area contributed by atoms with E-state index in [2.05, 4.69) is 10.2 Å². The van der Waals surface area contributed by atoms with E-state index in [0.29, 0.717) is 26.2 Å². The minimum atomic E-state index is -0.534. The van der Waals surface area contributed by atoms with Crippen molar-refractivity contribution in [2.75, 3.05) is 38.6 Å². The first kappa shape index (κ1) is 23.6. The lowest BCUT2D eigenvalue weighted by atomic mass is 10.0. The Morgan fingerprint density at radius 2 is 1.59 bits per heavy atom. The Kier molecular flexibility index (Phi) is 7.40. The Bertz CT molecular complexity index is 929. The van der Waals surface area contributed by atoms with Crippen molar-refractivity contribution in [1.82, 2.24) is 9.80 Å². The zero-order valence-corrected chi connectivity index (χ0v) is 19.6. The molecule has 1 aliphatic heterocycles. The molecule has 32 heavy (non-hydrogen) atoms. The number of carbonyl (C=O) groups is 2. The summed E-state index contributed by atoms with van der Waals surface area (Å²) in [6.45, 7) is 9.68. The Hall–Kier alpha value is -3.06. The summed E-state index contributed by atoms with van der Waals surface area (Å²) in [6.07, 6.45) is -0.317. The van der Waals surface area contributed by atoms with Gasteiger partial charge in [-0.25, -0.2) is 4.79 Å². The van der Waals surface area contributed by atoms with Gasteiger partial charge < -0.3 is 19.7 Å². The van der Waals surface area contributed by atoms with Gasteiger partial charge in [0.25, 0.3) is 0 Å². The number of benzene rings is 2. The quantitative estimate of drug-likeness (QED) is 0.755. The van der Waals surface area contributed by atoms with Gasteiger partial charge in [-0.05, 0) is 57.0 Å². The molecule has 1 saturated heterocycles. The van der Waals surface area contributed by atoms with Crippen molar-refractivity contribution in [2.45, 2.75) is 39.3 Å². The number of ether oxygens (including phenoxy) is 2. The molecule has 172 valence electrons. The van der Waals surface area contributed by atoms with Crippen LogP contribution in [0.3, 0.4) is 0 Å². The van der Waals surface area contributed by atoms with Crippen molar-refractivity contribution >= 4 is 17.7 Å². The highest BCUT2D eigenvalue weighted by Gasteiger charge is 2.33. The second-order valence-electron chi connectivity index (χ2n) is 8.98. The Morgan fingerprint density at radius 3 is 2.16 bits per heavy atom. The molecule has 3 rings (SSSR count). The van der Waals surface area contributed by atoms with E-state index in [9.17, 15) is 9.59 Å². The molecule has 0 aliphatic carbocycles. The van der Waals surface area contributed by atoms with Gasteiger partial charge in [-0.2, -0.15) is 0 Å². The molecule has 0 radical (unpaired) electrons. The van der Waals surface area contributed by atoms with Gasteiger partial charge in [0.1, 0.15) is 17.4 Å². The molecule has 1 N–H and O–H groups in total. The first-order chi connectivity index (χ1) is 15.2. The summed E-state index contributed by atoms with van der Waals surface area (Å²) in [5.41, 5.74) is 2.14. The lowest BCUT2D eigenvalue weighted by molar-refractivity contribution is -0.122. The van der Waals surface area contributed by atoms with Gasteiger partial charge in [0.2, 0.25) is 5.91 Å². The first-order valence-corrected chi connectivity index (χ1v) is 10.9. The van der Waals surface area contributed by atoms with E-state index in [1.165, 1.54) is 0 Å². The minimum absolute atomic E-state index is 0.102. The van der Waals surface area contributed by atoms with Gasteiger partial charge >= 0.3 is 6.09 Å². The fraction of sp³-hybridized carbons (Fsp3) is 0.440. The molecule has 0 spiro atoms. The van der Waals surface area contributed by atoms with Crippen LogP contribution in [0.25, 0.3) is 0 Å². The molecule has 0 aromatic heterocycles. The van der Waals surface area contributed by atoms with Gasteiger partial charge in [-0.15, -0.1) is 0 Å². The maximum absolute atomic E-state index is 13.4. The van der Waals surface area contributed by atoms with Crippen molar-refractivity contribution in [1.29, 1.82) is 0 Å². The standard InChI is InChI=1S/C25H33N3O4/c1-18-8-6-7-9-21(18)26-23(29)22(19-10-12-20(31-5)13-11-19)27-14-16-28(17-15-27)24(30)32-25(2,3)4/h6-13,22H,14-17H2,1-5H3,(H,26,29). The monoisotopic (exact) mass is 439 g/mol. The Labute approximate surface area is 190 Å². The number of nitrogens with zero attached hydrogens (tertiary/aromatic N) is 2. The summed E-state index contributed by atoms with van der Waals surface area (Å²) in [7, 11) is 1.62. The maximum Gasteiger partial charge on any atom is 0.410 e. The van der Waals surface area contributed by atoms with E-state index in [-0.39, 0.29) is 12.0 Å². The number of nitrogens with one attached hydrogen (secondary N) is 1. The first-order valence-electron chi connectivity index (χ1n) is 10.9. The smallest absolute Gasteiger partial charge is 0.410 e. The highest BCUT2D eigenvalue weighted by atomic mass is 16.6. The fourth-order valence-corrected chi connectivity index (χ4v) is 3.72. The van der Waals surface area contributed by atoms with Crippen LogP contribution < -0.4 is 10.1 Å². The molecule has 1 unspecified atom stereocenters. The number of hydrogen-bond donors (Lipinski definition) is 1. The molecule has 1 heterocycles. The summed E-state index contributed by atoms with van der Waals surface area (Å²) in [4.78, 5) is 29.7. The molecular formula is C25H33N3O4. The molecule has 1 atom stereocenters. The summed E-state index contributed by atoms with van der Waals surface area (Å²) >= 11 is 0. The highest BCUT2D eigenvalue weighted by Crippen LogP contribution is 2.27. The number of aryl methyl sites for hydroxylation is 1. The predicted octanol–water partition coefficient (Wildman–Crippen LogP) is 4.24. The average molecular weight is 440 g/mol. The van der Waals surface area contributed by atoms with Crippen molar-refractivity contribution in [2.24, 2.45) is 0 Å². The molecule has 1 aliphatic rings. The number of carbonyl (C=O) groups excluding carboxylic acids is 2. The summed E-state index contributed by atoms with van der Waals surface area (Å²) < 4.78 is 10.8. The molecule has 2 aromatic carbocycles. The van der Waals surface area contributed by atoms with E-state index in [1.54, 1.807) is 12.0 Å². The normalized spacial score (nSPS) is 15.7. The second kappa shape index (κ2) is 10.0. The SMILES string of the molecule is COc1ccc(C(C(=O)Nc2ccccc2C)N2CCN(C(=O)OC(C)(C)C)CC2)cc1. The van der Waals surface area contributed by atoms with Gasteiger partial charge in [0.15, 0.2) is 0 Å². The van der Waals surface area contributed by atoms with Gasteiger partial charge in [0.05, 0.1) is 7.11 Å². The third-order valence-corrected chi connectivity index (χ3v) is 5.41. The molecule has 7 heteroatoms. The number of hydrogen-bond acceptors (Lipinski definition) is 5. The third-order valence-electron chi connectivity index (χ3n) is 5.41. The van der Waals surface area contributed by atoms with Crippen LogP contribution in [0.1, 0.15) is 37.9 Å². The number of piperazine rings is 1. The summed E-state index contributed by atoms with van der Waals surface area (Å²) in [5.74, 6) is 0.636. The minimum Gasteiger partial charge on any atom is -0.497 e. The Morgan fingerprint density at radius 1 is 0.969 bits per heavy atom. The van der Waals surface area contributed by atoms with Crippen LogP contribution in [0.5, 0.6) is 5.75 Å². The highest BCUT2D eigenvalue weighted by molar-refractivity contribution is 5.96. The number of rotatable bonds is 5. The number of para-hydroxylation sites is 1. The van der Waals surface area contributed by atoms with Crippen molar-refractivity contribution in [3.05, 3.63) is 59.7 Å². The van der Waals surface area contributed by atoms with Gasteiger partial charge in [0, 0.05) is 31.9 Å². The lowest BCUT2D eigenvalue weighted by Gasteiger charge is -2.39. The topological polar surface area (TPSA) is 71.1 Å². The molecule has 1 fully saturated rings. The zero-order valence-electron chi connectivity index (χ0n) is 19.6. The van der Waals surface area contributed by atoms with Crippen LogP contribution in [0.15, 0.2) is 48.5 Å². The van der Waals surface area contributed by atoms with Crippen LogP contribution >= 0.6 is 0 Å². The molecule has 7 nitrogen and oxygen atoms in total. The fourth-order valence-electron chi connectivity index (χ4n) is 3.72. The van der Waals surface area contributed by atoms with Crippen molar-refractivity contribution in [3.63, 3.8) is 0 Å². The molecular weight excluding hydrogens is 406 g/mol. The van der Waals surface area contributed by atoms with Crippen molar-refractivity contribution in [3.8, 4) is 5.75 Å². The second-order valence-corrected chi connectivity index (χ2v) is 8.98. The number of methoxy groups -OCH3 is 1. The van der Waals surface area contributed by atoms with Crippen LogP contribution in [-0.2, 0) is 9.53 Å².